The molecule has 1 saturated heterocycles. The molecule has 4 rings (SSSR count). The number of carbonyl (C=O) groups is 1. The minimum Gasteiger partial charge on any atom is -0.461 e. The Balaban J connectivity index is 0.000000322. The van der Waals surface area contributed by atoms with E-state index in [2.05, 4.69) is 31.9 Å². The van der Waals surface area contributed by atoms with Crippen LogP contribution in [0.3, 0.4) is 0 Å². The second kappa shape index (κ2) is 15.3. The molecule has 13 nitrogen and oxygen atoms in total. The van der Waals surface area contributed by atoms with E-state index in [-0.39, 0.29) is 0 Å². The van der Waals surface area contributed by atoms with Crippen molar-refractivity contribution >= 4 is 36.2 Å². The Kier molecular flexibility index (Phi) is 12.1. The topological polar surface area (TPSA) is 155 Å². The number of aryl methyl sites for hydroxylation is 1. The quantitative estimate of drug-likeness (QED) is 0.187. The molecule has 3 aromatic rings. The number of carbonyl (C=O) groups excluding carboxylic acids is 1. The summed E-state index contributed by atoms with van der Waals surface area (Å²) in [5, 5.41) is 10.5. The van der Waals surface area contributed by atoms with Gasteiger partial charge in [0.05, 0.1) is 31.6 Å². The number of hydrogen-bond donors (Lipinski definition) is 3. The van der Waals surface area contributed by atoms with Crippen molar-refractivity contribution in [3.05, 3.63) is 36.0 Å². The predicted molar refractivity (Wildman–Crippen MR) is 139 cm³/mol. The summed E-state index contributed by atoms with van der Waals surface area (Å²) in [7, 11) is 6.90. The second-order valence-corrected chi connectivity index (χ2v) is 7.28. The first-order valence-electron chi connectivity index (χ1n) is 11.1. The number of rotatable bonds is 7. The van der Waals surface area contributed by atoms with Crippen LogP contribution in [0.2, 0.25) is 0 Å². The van der Waals surface area contributed by atoms with Gasteiger partial charge in [0.1, 0.15) is 5.82 Å². The molecule has 1 aliphatic rings. The van der Waals surface area contributed by atoms with Gasteiger partial charge in [-0.2, -0.15) is 0 Å². The molecule has 3 aromatic heterocycles. The van der Waals surface area contributed by atoms with Gasteiger partial charge in [0.15, 0.2) is 34.9 Å². The molecule has 3 N–H and O–H groups in total. The van der Waals surface area contributed by atoms with Crippen molar-refractivity contribution in [3.8, 4) is 11.6 Å². The number of aliphatic imine (C=N–C) groups is 2. The number of furan rings is 1. The summed E-state index contributed by atoms with van der Waals surface area (Å²) >= 11 is 0. The molecule has 0 atom stereocenters. The number of anilines is 1. The van der Waals surface area contributed by atoms with Crippen LogP contribution < -0.4 is 15.7 Å². The lowest BCUT2D eigenvalue weighted by atomic mass is 10.3. The number of hydroxylamine groups is 1. The molecule has 0 bridgehead atoms. The fraction of sp³-hybridized carbons (Fsp3) is 0.391. The number of ether oxygens (including phenoxy) is 1. The smallest absolute Gasteiger partial charge is 0.199 e. The van der Waals surface area contributed by atoms with E-state index in [1.54, 1.807) is 18.8 Å². The first-order valence-corrected chi connectivity index (χ1v) is 11.1. The van der Waals surface area contributed by atoms with E-state index in [1.165, 1.54) is 19.5 Å². The lowest BCUT2D eigenvalue weighted by Gasteiger charge is -2.28. The third kappa shape index (κ3) is 7.61. The number of morpholine rings is 1. The first kappa shape index (κ1) is 28.5. The van der Waals surface area contributed by atoms with Crippen LogP contribution in [0.4, 0.5) is 5.82 Å². The third-order valence-electron chi connectivity index (χ3n) is 4.83. The van der Waals surface area contributed by atoms with Crippen LogP contribution in [0.25, 0.3) is 22.7 Å². The molecule has 0 saturated carbocycles. The summed E-state index contributed by atoms with van der Waals surface area (Å²) in [6, 6.07) is 3.71. The van der Waals surface area contributed by atoms with Crippen LogP contribution in [0, 0.1) is 0 Å². The van der Waals surface area contributed by atoms with Crippen molar-refractivity contribution in [3.63, 3.8) is 0 Å². The highest BCUT2D eigenvalue weighted by molar-refractivity contribution is 6.01. The van der Waals surface area contributed by atoms with Gasteiger partial charge in [-0.05, 0) is 25.9 Å². The predicted octanol–water partition coefficient (Wildman–Crippen LogP) is 1.24. The highest BCUT2D eigenvalue weighted by atomic mass is 16.5. The van der Waals surface area contributed by atoms with Crippen molar-refractivity contribution in [2.75, 3.05) is 52.3 Å². The average Bonchev–Trinajstić information content (AvgIpc) is 3.54. The van der Waals surface area contributed by atoms with Gasteiger partial charge in [-0.3, -0.25) is 14.8 Å². The Morgan fingerprint density at radius 2 is 2.00 bits per heavy atom. The Labute approximate surface area is 209 Å². The number of nitrogens with one attached hydrogen (secondary N) is 2. The normalized spacial score (nSPS) is 13.7. The van der Waals surface area contributed by atoms with Crippen molar-refractivity contribution in [2.45, 2.75) is 6.54 Å². The highest BCUT2D eigenvalue weighted by Crippen LogP contribution is 2.28. The zero-order valence-electron chi connectivity index (χ0n) is 21.0. The monoisotopic (exact) mass is 499 g/mol. The molecule has 0 radical (unpaired) electrons. The Bertz CT molecular complexity index is 1150. The van der Waals surface area contributed by atoms with Crippen LogP contribution in [0.1, 0.15) is 5.82 Å². The van der Waals surface area contributed by atoms with Gasteiger partial charge in [0.25, 0.3) is 0 Å². The summed E-state index contributed by atoms with van der Waals surface area (Å²) in [6.07, 6.45) is 5.07. The highest BCUT2D eigenvalue weighted by Gasteiger charge is 2.22. The molecule has 0 aliphatic carbocycles. The van der Waals surface area contributed by atoms with Crippen LogP contribution in [-0.4, -0.2) is 91.4 Å². The lowest BCUT2D eigenvalue weighted by molar-refractivity contribution is -0.104. The van der Waals surface area contributed by atoms with Gasteiger partial charge in [-0.25, -0.2) is 20.4 Å². The zero-order chi connectivity index (χ0) is 26.3. The number of fused-ring (bicyclic) bond motifs is 1. The van der Waals surface area contributed by atoms with Crippen molar-refractivity contribution < 1.29 is 19.2 Å². The second-order valence-electron chi connectivity index (χ2n) is 7.28. The van der Waals surface area contributed by atoms with Crippen LogP contribution >= 0.6 is 0 Å². The van der Waals surface area contributed by atoms with Crippen molar-refractivity contribution in [1.29, 1.82) is 0 Å². The number of aldehydes is 1. The first-order chi connectivity index (χ1) is 17.5. The maximum absolute atomic E-state index is 10.0. The van der Waals surface area contributed by atoms with Gasteiger partial charge in [-0.15, -0.1) is 0 Å². The Morgan fingerprint density at radius 3 is 2.56 bits per heavy atom. The summed E-state index contributed by atoms with van der Waals surface area (Å²) < 4.78 is 13.0. The largest absolute Gasteiger partial charge is 0.461 e. The van der Waals surface area contributed by atoms with Crippen LogP contribution in [-0.2, 0) is 23.1 Å². The molecule has 0 spiro atoms. The molecule has 13 heteroatoms. The maximum Gasteiger partial charge on any atom is 0.199 e. The molecule has 36 heavy (non-hydrogen) atoms. The van der Waals surface area contributed by atoms with E-state index >= 15 is 0 Å². The van der Waals surface area contributed by atoms with Crippen molar-refractivity contribution in [1.82, 2.24) is 30.3 Å². The standard InChI is InChI=1S/C16H20N6O2.C6H8N2O.CH5NO/c1-17-10-12-18-13-15(21(12)2)19-14(11-4-3-7-24-11)20-16(13)22-5-8-23-9-6-22;1-7-3-6(5-9)4-8-2;1-2-3/h3-4,7,17H,5-6,8-10H2,1-2H3;3-5H,1H2,2H3;2-3H,1H3/b;6-3+,8-4?;. The molecular weight excluding hydrogens is 466 g/mol. The van der Waals surface area contributed by atoms with Crippen molar-refractivity contribution in [2.24, 2.45) is 17.0 Å². The van der Waals surface area contributed by atoms with Gasteiger partial charge in [0, 0.05) is 46.6 Å². The fourth-order valence-electron chi connectivity index (χ4n) is 3.27. The molecule has 4 heterocycles. The number of imidazole rings is 1. The number of nitrogens with zero attached hydrogens (tertiary/aromatic N) is 7. The van der Waals surface area contributed by atoms with E-state index < -0.39 is 0 Å². The van der Waals surface area contributed by atoms with Gasteiger partial charge >= 0.3 is 0 Å². The number of aromatic nitrogens is 4. The Hall–Kier alpha value is -3.78. The van der Waals surface area contributed by atoms with Crippen LogP contribution in [0.15, 0.2) is 44.6 Å². The van der Waals surface area contributed by atoms with Gasteiger partial charge in [-0.1, -0.05) is 0 Å². The fourth-order valence-corrected chi connectivity index (χ4v) is 3.27. The summed E-state index contributed by atoms with van der Waals surface area (Å²) in [4.78, 5) is 33.4. The minimum absolute atomic E-state index is 0.424. The number of allylic oxidation sites excluding steroid dienone is 1. The molecule has 0 amide bonds. The zero-order valence-corrected chi connectivity index (χ0v) is 21.0. The van der Waals surface area contributed by atoms with E-state index in [0.717, 1.165) is 35.9 Å². The molecule has 1 aliphatic heterocycles. The summed E-state index contributed by atoms with van der Waals surface area (Å²) in [6.45, 7) is 6.83. The molecule has 194 valence electrons. The van der Waals surface area contributed by atoms with E-state index in [4.69, 9.17) is 24.3 Å². The average molecular weight is 500 g/mol. The Morgan fingerprint density at radius 1 is 1.28 bits per heavy atom. The SMILES string of the molecule is C=N/C=C(/C=O)C=NC.CNCc1nc2c(N3CCOCC3)nc(-c3ccco3)nc2n1C.CNO. The van der Waals surface area contributed by atoms with E-state index in [1.807, 2.05) is 30.8 Å². The minimum atomic E-state index is 0.424. The summed E-state index contributed by atoms with van der Waals surface area (Å²) in [5.74, 6) is 3.00. The van der Waals surface area contributed by atoms with Gasteiger partial charge < -0.3 is 29.1 Å². The molecule has 0 unspecified atom stereocenters. The van der Waals surface area contributed by atoms with E-state index in [9.17, 15) is 4.79 Å². The summed E-state index contributed by atoms with van der Waals surface area (Å²) in [5.41, 5.74) is 3.80. The number of hydrogen-bond acceptors (Lipinski definition) is 12. The van der Waals surface area contributed by atoms with E-state index in [0.29, 0.717) is 43.2 Å². The molecule has 0 aromatic carbocycles. The molecule has 1 fully saturated rings. The maximum atomic E-state index is 10.0. The molecular formula is C23H33N9O4. The third-order valence-corrected chi connectivity index (χ3v) is 4.83. The lowest BCUT2D eigenvalue weighted by Crippen LogP contribution is -2.37. The van der Waals surface area contributed by atoms with Gasteiger partial charge in [0.2, 0.25) is 0 Å². The van der Waals surface area contributed by atoms with Crippen LogP contribution in [0.5, 0.6) is 0 Å².